The second kappa shape index (κ2) is 3.54. The van der Waals surface area contributed by atoms with E-state index < -0.39 is 25.6 Å². The molecule has 0 radical (unpaired) electrons. The molecule has 13 heavy (non-hydrogen) atoms. The Labute approximate surface area is 78.8 Å². The van der Waals surface area contributed by atoms with Crippen molar-refractivity contribution in [2.45, 2.75) is 0 Å². The Hall–Kier alpha value is -0.772. The zero-order valence-electron chi connectivity index (χ0n) is 6.41. The average Bonchev–Trinajstić information content (AvgIpc) is 2.03. The summed E-state index contributed by atoms with van der Waals surface area (Å²) in [5.74, 6) is -1.20. The molecule has 70 valence electrons. The van der Waals surface area contributed by atoms with Gasteiger partial charge >= 0.3 is 78.6 Å². The summed E-state index contributed by atoms with van der Waals surface area (Å²) >= 11 is -5.23. The van der Waals surface area contributed by atoms with E-state index in [9.17, 15) is 7.81 Å². The molecule has 0 aliphatic heterocycles. The number of rotatable bonds is 2. The molecule has 0 spiro atoms. The van der Waals surface area contributed by atoms with Gasteiger partial charge in [0, 0.05) is 0 Å². The monoisotopic (exact) mass is 292 g/mol. The summed E-state index contributed by atoms with van der Waals surface area (Å²) in [6.45, 7) is 0. The van der Waals surface area contributed by atoms with Crippen LogP contribution in [0.25, 0.3) is 0 Å². The Morgan fingerprint density at radius 2 is 1.92 bits per heavy atom. The van der Waals surface area contributed by atoms with E-state index in [1.54, 1.807) is 0 Å². The van der Waals surface area contributed by atoms with Crippen molar-refractivity contribution in [1.29, 1.82) is 0 Å². The number of carboxylic acid groups (broad SMARTS) is 1. The van der Waals surface area contributed by atoms with Crippen LogP contribution in [0.4, 0.5) is 0 Å². The van der Waals surface area contributed by atoms with Crippen LogP contribution in [0.15, 0.2) is 24.3 Å². The summed E-state index contributed by atoms with van der Waals surface area (Å²) in [6.07, 6.45) is 0. The molecule has 0 fully saturated rings. The normalized spacial score (nSPS) is 11.2. The number of carboxylic acids is 1. The Balaban J connectivity index is 3.21. The summed E-state index contributed by atoms with van der Waals surface area (Å²) in [6, 6.07) is 4.82. The van der Waals surface area contributed by atoms with Gasteiger partial charge in [-0.25, -0.2) is 0 Å². The first kappa shape index (κ1) is 10.3. The molecule has 1 aromatic carbocycles. The van der Waals surface area contributed by atoms with Crippen LogP contribution >= 0.6 is 0 Å². The SMILES string of the molecule is O=C(O)c1ccc[c]([Sb](=[O])([OH])[OH])c1. The summed E-state index contributed by atoms with van der Waals surface area (Å²) < 4.78 is 28.2. The van der Waals surface area contributed by atoms with Crippen LogP contribution in [0.5, 0.6) is 0 Å². The summed E-state index contributed by atoms with van der Waals surface area (Å²) in [5, 5.41) is 8.53. The maximum atomic E-state index is 10.8. The first-order chi connectivity index (χ1) is 5.91. The van der Waals surface area contributed by atoms with E-state index >= 15 is 0 Å². The van der Waals surface area contributed by atoms with Crippen molar-refractivity contribution in [3.8, 4) is 0 Å². The third-order valence-electron chi connectivity index (χ3n) is 1.43. The number of aromatic carboxylic acids is 1. The van der Waals surface area contributed by atoms with Crippen LogP contribution in [-0.2, 0) is 3.02 Å². The molecule has 0 amide bonds. The van der Waals surface area contributed by atoms with Crippen LogP contribution in [0, 0.1) is 0 Å². The molecule has 0 unspecified atom stereocenters. The fourth-order valence-electron chi connectivity index (χ4n) is 0.820. The Morgan fingerprint density at radius 3 is 2.38 bits per heavy atom. The van der Waals surface area contributed by atoms with Crippen LogP contribution in [0.1, 0.15) is 10.4 Å². The second-order valence-electron chi connectivity index (χ2n) is 2.40. The van der Waals surface area contributed by atoms with Gasteiger partial charge in [0.2, 0.25) is 0 Å². The van der Waals surface area contributed by atoms with E-state index in [0.29, 0.717) is 0 Å². The number of benzene rings is 1. The molecule has 5 nitrogen and oxygen atoms in total. The van der Waals surface area contributed by atoms with Crippen LogP contribution < -0.4 is 3.51 Å². The standard InChI is InChI=1S/C7H5O2.2H2O.O.Sb/c8-7(9)6-4-2-1-3-5-6;;;;/h1-2,4-5H,(H,8,9);2*1H2;;/q;;;;+2/p-2. The molecule has 0 heterocycles. The van der Waals surface area contributed by atoms with Crippen molar-refractivity contribution < 1.29 is 19.7 Å². The topological polar surface area (TPSA) is 94.8 Å². The Bertz CT molecular complexity index is 380. The van der Waals surface area contributed by atoms with Crippen LogP contribution in [-0.4, -0.2) is 37.5 Å². The van der Waals surface area contributed by atoms with E-state index in [1.165, 1.54) is 18.2 Å². The zero-order chi connectivity index (χ0) is 10.1. The summed E-state index contributed by atoms with van der Waals surface area (Å²) in [7, 11) is 0. The predicted octanol–water partition coefficient (Wildman–Crippen LogP) is -1.05. The van der Waals surface area contributed by atoms with Crippen LogP contribution in [0.2, 0.25) is 0 Å². The third kappa shape index (κ3) is 2.59. The van der Waals surface area contributed by atoms with Gasteiger partial charge in [-0.2, -0.15) is 0 Å². The van der Waals surface area contributed by atoms with E-state index in [0.717, 1.165) is 6.07 Å². The zero-order valence-corrected chi connectivity index (χ0v) is 8.97. The fourth-order valence-corrected chi connectivity index (χ4v) is 2.50. The van der Waals surface area contributed by atoms with Gasteiger partial charge in [-0.15, -0.1) is 0 Å². The molecular weight excluding hydrogens is 286 g/mol. The van der Waals surface area contributed by atoms with Gasteiger partial charge in [0.05, 0.1) is 0 Å². The van der Waals surface area contributed by atoms with Gasteiger partial charge in [-0.3, -0.25) is 0 Å². The molecule has 1 rings (SSSR count). The van der Waals surface area contributed by atoms with Crippen molar-refractivity contribution in [3.63, 3.8) is 0 Å². The maximum absolute atomic E-state index is 10.8. The van der Waals surface area contributed by atoms with Gasteiger partial charge in [-0.1, -0.05) is 0 Å². The molecule has 3 N–H and O–H groups in total. The molecule has 0 atom stereocenters. The first-order valence-electron chi connectivity index (χ1n) is 3.31. The summed E-state index contributed by atoms with van der Waals surface area (Å²) in [4.78, 5) is 10.4. The molecule has 0 saturated carbocycles. The minimum absolute atomic E-state index is 0.116. The molecular formula is C7H7O5Sb. The number of hydrogen-bond acceptors (Lipinski definition) is 2. The fraction of sp³-hybridized carbons (Fsp3) is 0. The predicted molar refractivity (Wildman–Crippen MR) is 43.9 cm³/mol. The quantitative estimate of drug-likeness (QED) is 0.605. The van der Waals surface area contributed by atoms with E-state index in [4.69, 9.17) is 11.9 Å². The molecule has 0 aromatic heterocycles. The summed E-state index contributed by atoms with van der Waals surface area (Å²) in [5.41, 5.74) is -0.116. The number of hydrogen-bond donors (Lipinski definition) is 3. The van der Waals surface area contributed by atoms with Gasteiger partial charge in [0.25, 0.3) is 0 Å². The first-order valence-corrected chi connectivity index (χ1v) is 7.91. The van der Waals surface area contributed by atoms with Gasteiger partial charge in [0.1, 0.15) is 0 Å². The Morgan fingerprint density at radius 1 is 1.31 bits per heavy atom. The van der Waals surface area contributed by atoms with E-state index in [2.05, 4.69) is 0 Å². The molecule has 6 heteroatoms. The van der Waals surface area contributed by atoms with Crippen molar-refractivity contribution >= 4 is 29.1 Å². The van der Waals surface area contributed by atoms with Crippen molar-refractivity contribution in [1.82, 2.24) is 0 Å². The Kier molecular flexibility index (Phi) is 2.80. The molecule has 1 aromatic rings. The minimum atomic E-state index is -5.23. The van der Waals surface area contributed by atoms with Gasteiger partial charge in [-0.05, 0) is 0 Å². The number of carbonyl (C=O) groups is 1. The van der Waals surface area contributed by atoms with Gasteiger partial charge in [0.15, 0.2) is 0 Å². The molecule has 0 aliphatic carbocycles. The van der Waals surface area contributed by atoms with E-state index in [1.807, 2.05) is 0 Å². The molecule has 0 saturated heterocycles. The third-order valence-corrected chi connectivity index (χ3v) is 4.14. The second-order valence-corrected chi connectivity index (χ2v) is 6.98. The van der Waals surface area contributed by atoms with Gasteiger partial charge < -0.3 is 0 Å². The van der Waals surface area contributed by atoms with Crippen molar-refractivity contribution in [2.75, 3.05) is 0 Å². The van der Waals surface area contributed by atoms with Crippen molar-refractivity contribution in [2.24, 2.45) is 0 Å². The van der Waals surface area contributed by atoms with E-state index in [-0.39, 0.29) is 9.07 Å². The van der Waals surface area contributed by atoms with Crippen LogP contribution in [0.3, 0.4) is 0 Å². The average molecular weight is 293 g/mol. The molecule has 0 aliphatic rings. The molecule has 0 bridgehead atoms. The van der Waals surface area contributed by atoms with Crippen molar-refractivity contribution in [3.05, 3.63) is 29.8 Å².